The largest absolute Gasteiger partial charge is 0.323 e. The fourth-order valence-corrected chi connectivity index (χ4v) is 4.64. The molecule has 1 aromatic carbocycles. The van der Waals surface area contributed by atoms with Crippen LogP contribution in [0.4, 0.5) is 0 Å². The maximum absolute atomic E-state index is 12.3. The van der Waals surface area contributed by atoms with Crippen LogP contribution >= 0.6 is 0 Å². The molecule has 4 heteroatoms. The highest BCUT2D eigenvalue weighted by atomic mass is 32.2. The first kappa shape index (κ1) is 13.6. The van der Waals surface area contributed by atoms with Crippen LogP contribution < -0.4 is 5.73 Å². The van der Waals surface area contributed by atoms with Gasteiger partial charge < -0.3 is 5.73 Å². The third-order valence-electron chi connectivity index (χ3n) is 3.74. The molecular formula is C14H21NO2S. The monoisotopic (exact) mass is 267 g/mol. The SMILES string of the molecule is CCC1C(N)c2cc(C(C)(C)C)ccc2S1(=O)=O. The minimum Gasteiger partial charge on any atom is -0.323 e. The summed E-state index contributed by atoms with van der Waals surface area (Å²) in [5.74, 6) is 0. The lowest BCUT2D eigenvalue weighted by Gasteiger charge is -2.20. The Balaban J connectivity index is 2.62. The molecule has 18 heavy (non-hydrogen) atoms. The van der Waals surface area contributed by atoms with Crippen molar-refractivity contribution < 1.29 is 8.42 Å². The van der Waals surface area contributed by atoms with Crippen molar-refractivity contribution in [2.75, 3.05) is 0 Å². The Labute approximate surface area is 109 Å². The van der Waals surface area contributed by atoms with E-state index in [1.54, 1.807) is 6.07 Å². The number of nitrogens with two attached hydrogens (primary N) is 1. The summed E-state index contributed by atoms with van der Waals surface area (Å²) in [5, 5.41) is -0.470. The highest BCUT2D eigenvalue weighted by Gasteiger charge is 2.42. The molecule has 0 radical (unpaired) electrons. The number of hydrogen-bond acceptors (Lipinski definition) is 3. The molecule has 3 nitrogen and oxygen atoms in total. The smallest absolute Gasteiger partial charge is 0.183 e. The number of benzene rings is 1. The molecule has 0 saturated heterocycles. The Hall–Kier alpha value is -0.870. The van der Waals surface area contributed by atoms with E-state index in [1.807, 2.05) is 19.1 Å². The van der Waals surface area contributed by atoms with Crippen LogP contribution in [0.15, 0.2) is 23.1 Å². The zero-order chi connectivity index (χ0) is 13.7. The molecule has 0 amide bonds. The van der Waals surface area contributed by atoms with E-state index < -0.39 is 21.1 Å². The molecular weight excluding hydrogens is 246 g/mol. The average Bonchev–Trinajstić information content (AvgIpc) is 2.45. The first-order valence-corrected chi connectivity index (χ1v) is 7.88. The van der Waals surface area contributed by atoms with Crippen LogP contribution in [0.3, 0.4) is 0 Å². The van der Waals surface area contributed by atoms with Crippen LogP contribution in [0.5, 0.6) is 0 Å². The minimum absolute atomic E-state index is 0.00279. The molecule has 0 saturated carbocycles. The van der Waals surface area contributed by atoms with Gasteiger partial charge in [-0.2, -0.15) is 0 Å². The van der Waals surface area contributed by atoms with E-state index in [1.165, 1.54) is 0 Å². The van der Waals surface area contributed by atoms with E-state index in [0.717, 1.165) is 11.1 Å². The molecule has 1 aliphatic rings. The Bertz CT molecular complexity index is 570. The quantitative estimate of drug-likeness (QED) is 0.850. The highest BCUT2D eigenvalue weighted by Crippen LogP contribution is 2.40. The average molecular weight is 267 g/mol. The van der Waals surface area contributed by atoms with Gasteiger partial charge in [-0.1, -0.05) is 39.8 Å². The molecule has 100 valence electrons. The molecule has 2 atom stereocenters. The number of rotatable bonds is 1. The molecule has 0 aliphatic carbocycles. The van der Waals surface area contributed by atoms with Gasteiger partial charge in [-0.25, -0.2) is 8.42 Å². The molecule has 0 aromatic heterocycles. The van der Waals surface area contributed by atoms with E-state index in [4.69, 9.17) is 5.73 Å². The van der Waals surface area contributed by atoms with Crippen molar-refractivity contribution in [3.8, 4) is 0 Å². The zero-order valence-electron chi connectivity index (χ0n) is 11.4. The van der Waals surface area contributed by atoms with Crippen molar-refractivity contribution in [1.82, 2.24) is 0 Å². The maximum atomic E-state index is 12.3. The van der Waals surface area contributed by atoms with Crippen molar-refractivity contribution in [3.63, 3.8) is 0 Å². The fraction of sp³-hybridized carbons (Fsp3) is 0.571. The van der Waals surface area contributed by atoms with Gasteiger partial charge in [0.15, 0.2) is 9.84 Å². The molecule has 0 spiro atoms. The summed E-state index contributed by atoms with van der Waals surface area (Å²) in [6.07, 6.45) is 0.559. The van der Waals surface area contributed by atoms with Gasteiger partial charge in [-0.3, -0.25) is 0 Å². The van der Waals surface area contributed by atoms with Crippen molar-refractivity contribution in [3.05, 3.63) is 29.3 Å². The number of hydrogen-bond donors (Lipinski definition) is 1. The van der Waals surface area contributed by atoms with E-state index >= 15 is 0 Å². The second kappa shape index (κ2) is 4.07. The van der Waals surface area contributed by atoms with E-state index in [-0.39, 0.29) is 5.41 Å². The molecule has 1 aliphatic heterocycles. The van der Waals surface area contributed by atoms with E-state index in [2.05, 4.69) is 20.8 Å². The molecule has 2 unspecified atom stereocenters. The predicted octanol–water partition coefficient (Wildman–Crippen LogP) is 2.55. The minimum atomic E-state index is -3.23. The fourth-order valence-electron chi connectivity index (χ4n) is 2.56. The summed E-state index contributed by atoms with van der Waals surface area (Å²) in [4.78, 5) is 0.426. The van der Waals surface area contributed by atoms with Gasteiger partial charge in [0.1, 0.15) is 0 Å². The summed E-state index contributed by atoms with van der Waals surface area (Å²) in [5.41, 5.74) is 8.03. The maximum Gasteiger partial charge on any atom is 0.183 e. The Kier molecular flexibility index (Phi) is 3.06. The molecule has 2 rings (SSSR count). The Morgan fingerprint density at radius 2 is 1.89 bits per heavy atom. The summed E-state index contributed by atoms with van der Waals surface area (Å²) in [6, 6.07) is 5.20. The summed E-state index contributed by atoms with van der Waals surface area (Å²) in [6.45, 7) is 8.21. The summed E-state index contributed by atoms with van der Waals surface area (Å²) < 4.78 is 24.6. The topological polar surface area (TPSA) is 60.2 Å². The zero-order valence-corrected chi connectivity index (χ0v) is 12.2. The van der Waals surface area contributed by atoms with Gasteiger partial charge in [-0.15, -0.1) is 0 Å². The molecule has 1 heterocycles. The van der Waals surface area contributed by atoms with Gasteiger partial charge in [0, 0.05) is 6.04 Å². The molecule has 1 aromatic rings. The first-order chi connectivity index (χ1) is 8.19. The highest BCUT2D eigenvalue weighted by molar-refractivity contribution is 7.92. The van der Waals surface area contributed by atoms with Gasteiger partial charge in [0.05, 0.1) is 10.1 Å². The van der Waals surface area contributed by atoms with Crippen LogP contribution in [0.25, 0.3) is 0 Å². The molecule has 0 fully saturated rings. The van der Waals surface area contributed by atoms with Crippen LogP contribution in [-0.4, -0.2) is 13.7 Å². The van der Waals surface area contributed by atoms with Crippen molar-refractivity contribution in [2.45, 2.75) is 55.7 Å². The number of fused-ring (bicyclic) bond motifs is 1. The van der Waals surface area contributed by atoms with Gasteiger partial charge in [0.2, 0.25) is 0 Å². The second-order valence-electron chi connectivity index (χ2n) is 6.02. The second-order valence-corrected chi connectivity index (χ2v) is 8.16. The molecule has 0 bridgehead atoms. The predicted molar refractivity (Wildman–Crippen MR) is 73.3 cm³/mol. The lowest BCUT2D eigenvalue weighted by Crippen LogP contribution is -2.25. The lowest BCUT2D eigenvalue weighted by molar-refractivity contribution is 0.566. The normalized spacial score (nSPS) is 26.1. The third kappa shape index (κ3) is 1.88. The third-order valence-corrected chi connectivity index (χ3v) is 6.15. The summed E-state index contributed by atoms with van der Waals surface area (Å²) in [7, 11) is -3.23. The van der Waals surface area contributed by atoms with Crippen molar-refractivity contribution in [1.29, 1.82) is 0 Å². The van der Waals surface area contributed by atoms with E-state index in [9.17, 15) is 8.42 Å². The molecule has 2 N–H and O–H groups in total. The van der Waals surface area contributed by atoms with Crippen molar-refractivity contribution >= 4 is 9.84 Å². The van der Waals surface area contributed by atoms with Crippen LogP contribution in [0.2, 0.25) is 0 Å². The van der Waals surface area contributed by atoms with Crippen LogP contribution in [-0.2, 0) is 15.3 Å². The summed E-state index contributed by atoms with van der Waals surface area (Å²) >= 11 is 0. The Morgan fingerprint density at radius 3 is 2.39 bits per heavy atom. The first-order valence-electron chi connectivity index (χ1n) is 6.33. The van der Waals surface area contributed by atoms with Crippen molar-refractivity contribution in [2.24, 2.45) is 5.73 Å². The van der Waals surface area contributed by atoms with Gasteiger partial charge >= 0.3 is 0 Å². The lowest BCUT2D eigenvalue weighted by atomic mass is 9.85. The van der Waals surface area contributed by atoms with Gasteiger partial charge in [0.25, 0.3) is 0 Å². The standard InChI is InChI=1S/C14H21NO2S/c1-5-11-13(15)10-8-9(14(2,3)4)6-7-12(10)18(11,16)17/h6-8,11,13H,5,15H2,1-4H3. The Morgan fingerprint density at radius 1 is 1.28 bits per heavy atom. The van der Waals surface area contributed by atoms with Crippen LogP contribution in [0.1, 0.15) is 51.3 Å². The van der Waals surface area contributed by atoms with Crippen LogP contribution in [0, 0.1) is 0 Å². The number of sulfone groups is 1. The van der Waals surface area contributed by atoms with E-state index in [0.29, 0.717) is 11.3 Å². The van der Waals surface area contributed by atoms with Gasteiger partial charge in [-0.05, 0) is 29.0 Å².